The minimum Gasteiger partial charge on any atom is -0.421 e. The molecule has 7 nitrogen and oxygen atoms in total. The summed E-state index contributed by atoms with van der Waals surface area (Å²) in [6, 6.07) is 16.5. The molecule has 0 radical (unpaired) electrons. The van der Waals surface area contributed by atoms with E-state index in [1.165, 1.54) is 6.21 Å². The van der Waals surface area contributed by atoms with Gasteiger partial charge in [-0.1, -0.05) is 39.7 Å². The summed E-state index contributed by atoms with van der Waals surface area (Å²) in [6.45, 7) is -0.287. The zero-order valence-corrected chi connectivity index (χ0v) is 22.7. The Morgan fingerprint density at radius 3 is 2.38 bits per heavy atom. The van der Waals surface area contributed by atoms with Crippen LogP contribution in [0.2, 0.25) is 5.02 Å². The first-order valence-electron chi connectivity index (χ1n) is 9.56. The Morgan fingerprint density at radius 1 is 0.971 bits per heavy atom. The summed E-state index contributed by atoms with van der Waals surface area (Å²) in [6.07, 6.45) is 1.33. The number of amides is 2. The van der Waals surface area contributed by atoms with Crippen LogP contribution in [0, 0.1) is 0 Å². The third-order valence-electron chi connectivity index (χ3n) is 4.23. The Balaban J connectivity index is 1.65. The number of benzene rings is 3. The van der Waals surface area contributed by atoms with Gasteiger partial charge in [-0.2, -0.15) is 5.10 Å². The molecular formula is C23H15Br3ClN3O4. The van der Waals surface area contributed by atoms with Crippen molar-refractivity contribution in [2.45, 2.75) is 0 Å². The van der Waals surface area contributed by atoms with Gasteiger partial charge in [-0.15, -0.1) is 0 Å². The van der Waals surface area contributed by atoms with Crippen LogP contribution in [0.4, 0.5) is 0 Å². The fraction of sp³-hybridized carbons (Fsp3) is 0.0435. The molecule has 0 spiro atoms. The maximum atomic E-state index is 12.6. The van der Waals surface area contributed by atoms with Crippen molar-refractivity contribution in [1.82, 2.24) is 10.7 Å². The highest BCUT2D eigenvalue weighted by Gasteiger charge is 2.17. The van der Waals surface area contributed by atoms with Crippen LogP contribution in [-0.4, -0.2) is 30.5 Å². The second kappa shape index (κ2) is 12.3. The van der Waals surface area contributed by atoms with Crippen molar-refractivity contribution in [3.8, 4) is 5.75 Å². The van der Waals surface area contributed by atoms with Gasteiger partial charge in [0.2, 0.25) is 0 Å². The van der Waals surface area contributed by atoms with Crippen LogP contribution >= 0.6 is 59.4 Å². The lowest BCUT2D eigenvalue weighted by Gasteiger charge is -2.11. The van der Waals surface area contributed by atoms with E-state index in [0.717, 1.165) is 0 Å². The number of hydrazone groups is 1. The number of halogens is 4. The molecule has 0 aliphatic heterocycles. The van der Waals surface area contributed by atoms with E-state index in [0.29, 0.717) is 35.1 Å². The summed E-state index contributed by atoms with van der Waals surface area (Å²) in [5.74, 6) is -1.32. The van der Waals surface area contributed by atoms with E-state index in [-0.39, 0.29) is 12.3 Å². The Morgan fingerprint density at radius 2 is 1.68 bits per heavy atom. The zero-order valence-electron chi connectivity index (χ0n) is 17.2. The molecule has 0 bridgehead atoms. The van der Waals surface area contributed by atoms with Gasteiger partial charge in [0.05, 0.1) is 22.8 Å². The summed E-state index contributed by atoms with van der Waals surface area (Å²) in [5.41, 5.74) is 3.47. The highest BCUT2D eigenvalue weighted by atomic mass is 79.9. The van der Waals surface area contributed by atoms with Crippen LogP contribution in [0.15, 0.2) is 79.2 Å². The van der Waals surface area contributed by atoms with E-state index >= 15 is 0 Å². The molecule has 0 fully saturated rings. The molecule has 0 saturated carbocycles. The van der Waals surface area contributed by atoms with Crippen LogP contribution < -0.4 is 15.5 Å². The first-order chi connectivity index (χ1) is 16.2. The van der Waals surface area contributed by atoms with Gasteiger partial charge in [0.1, 0.15) is 0 Å². The fourth-order valence-corrected chi connectivity index (χ4v) is 4.55. The first kappa shape index (κ1) is 26.1. The van der Waals surface area contributed by atoms with Gasteiger partial charge in [0.25, 0.3) is 11.8 Å². The van der Waals surface area contributed by atoms with Crippen molar-refractivity contribution >= 4 is 83.4 Å². The summed E-state index contributed by atoms with van der Waals surface area (Å²) in [5, 5.41) is 6.90. The average molecular weight is 673 g/mol. The van der Waals surface area contributed by atoms with Crippen molar-refractivity contribution in [2.75, 3.05) is 6.54 Å². The van der Waals surface area contributed by atoms with Gasteiger partial charge in [0.15, 0.2) is 5.75 Å². The molecule has 0 atom stereocenters. The normalized spacial score (nSPS) is 10.7. The van der Waals surface area contributed by atoms with Crippen molar-refractivity contribution in [2.24, 2.45) is 5.10 Å². The quantitative estimate of drug-likeness (QED) is 0.145. The van der Waals surface area contributed by atoms with Crippen LogP contribution in [0.1, 0.15) is 26.3 Å². The van der Waals surface area contributed by atoms with E-state index in [1.54, 1.807) is 60.7 Å². The topological polar surface area (TPSA) is 96.9 Å². The average Bonchev–Trinajstić information content (AvgIpc) is 2.80. The lowest BCUT2D eigenvalue weighted by molar-refractivity contribution is -0.120. The molecule has 2 N–H and O–H groups in total. The fourth-order valence-electron chi connectivity index (χ4n) is 2.64. The molecule has 11 heteroatoms. The highest BCUT2D eigenvalue weighted by Crippen LogP contribution is 2.33. The van der Waals surface area contributed by atoms with Gasteiger partial charge in [-0.05, 0) is 80.4 Å². The molecule has 0 heterocycles. The number of nitrogens with zero attached hydrogens (tertiary/aromatic N) is 1. The van der Waals surface area contributed by atoms with Gasteiger partial charge in [-0.25, -0.2) is 10.2 Å². The predicted octanol–water partition coefficient (Wildman–Crippen LogP) is 5.73. The largest absolute Gasteiger partial charge is 0.421 e. The Labute approximate surface area is 225 Å². The molecule has 3 rings (SSSR count). The predicted molar refractivity (Wildman–Crippen MR) is 140 cm³/mol. The van der Waals surface area contributed by atoms with E-state index in [4.69, 9.17) is 16.3 Å². The Kier molecular flexibility index (Phi) is 9.40. The van der Waals surface area contributed by atoms with Gasteiger partial charge in [-0.3, -0.25) is 9.59 Å². The molecule has 174 valence electrons. The lowest BCUT2D eigenvalue weighted by Crippen LogP contribution is -2.34. The number of rotatable bonds is 7. The standard InChI is InChI=1S/C23H15Br3ClN3O4/c24-15-9-14(21(19(26)10-15)34-23(33)17-3-1-2-4-18(17)25)11-29-30-20(31)12-28-22(32)13-5-7-16(27)8-6-13/h1-11H,12H2,(H,28,32)(H,30,31). The third kappa shape index (κ3) is 7.23. The second-order valence-corrected chi connectivity index (χ2v) is 9.72. The van der Waals surface area contributed by atoms with E-state index < -0.39 is 17.8 Å². The number of nitrogens with one attached hydrogen (secondary N) is 2. The number of esters is 1. The monoisotopic (exact) mass is 669 g/mol. The van der Waals surface area contributed by atoms with Crippen LogP contribution in [0.5, 0.6) is 5.75 Å². The Hall–Kier alpha value is -2.53. The molecule has 0 saturated heterocycles. The van der Waals surface area contributed by atoms with Crippen LogP contribution in [0.25, 0.3) is 0 Å². The summed E-state index contributed by atoms with van der Waals surface area (Å²) >= 11 is 15.9. The number of hydrogen-bond donors (Lipinski definition) is 2. The maximum absolute atomic E-state index is 12.6. The van der Waals surface area contributed by atoms with Crippen molar-refractivity contribution < 1.29 is 19.1 Å². The molecule has 2 amide bonds. The van der Waals surface area contributed by atoms with Gasteiger partial charge < -0.3 is 10.1 Å². The maximum Gasteiger partial charge on any atom is 0.344 e. The molecule has 0 unspecified atom stereocenters. The number of carbonyl (C=O) groups excluding carboxylic acids is 3. The number of ether oxygens (including phenoxy) is 1. The molecule has 0 aromatic heterocycles. The van der Waals surface area contributed by atoms with E-state index in [9.17, 15) is 14.4 Å². The number of carbonyl (C=O) groups is 3. The minimum atomic E-state index is -0.570. The smallest absolute Gasteiger partial charge is 0.344 e. The van der Waals surface area contributed by atoms with Crippen molar-refractivity contribution in [3.05, 3.63) is 95.8 Å². The zero-order chi connectivity index (χ0) is 24.7. The van der Waals surface area contributed by atoms with Crippen molar-refractivity contribution in [1.29, 1.82) is 0 Å². The van der Waals surface area contributed by atoms with Crippen LogP contribution in [-0.2, 0) is 4.79 Å². The summed E-state index contributed by atoms with van der Waals surface area (Å²) in [7, 11) is 0. The van der Waals surface area contributed by atoms with Crippen LogP contribution in [0.3, 0.4) is 0 Å². The highest BCUT2D eigenvalue weighted by molar-refractivity contribution is 9.11. The molecule has 3 aromatic rings. The molecule has 0 aliphatic rings. The second-order valence-electron chi connectivity index (χ2n) is 6.66. The Bertz CT molecular complexity index is 1270. The molecule has 3 aromatic carbocycles. The summed E-state index contributed by atoms with van der Waals surface area (Å²) in [4.78, 5) is 36.8. The van der Waals surface area contributed by atoms with Crippen molar-refractivity contribution in [3.63, 3.8) is 0 Å². The van der Waals surface area contributed by atoms with E-state index in [1.807, 2.05) is 0 Å². The van der Waals surface area contributed by atoms with Gasteiger partial charge >= 0.3 is 5.97 Å². The first-order valence-corrected chi connectivity index (χ1v) is 12.3. The van der Waals surface area contributed by atoms with E-state index in [2.05, 4.69) is 63.6 Å². The molecule has 34 heavy (non-hydrogen) atoms. The van der Waals surface area contributed by atoms with Gasteiger partial charge in [0, 0.05) is 25.1 Å². The minimum absolute atomic E-state index is 0.220. The molecular weight excluding hydrogens is 657 g/mol. The third-order valence-corrected chi connectivity index (χ3v) is 6.22. The molecule has 0 aliphatic carbocycles. The summed E-state index contributed by atoms with van der Waals surface area (Å²) < 4.78 is 7.38. The number of hydrogen-bond acceptors (Lipinski definition) is 5. The lowest BCUT2D eigenvalue weighted by atomic mass is 10.2. The SMILES string of the molecule is O=C(CNC(=O)c1ccc(Cl)cc1)NN=Cc1cc(Br)cc(Br)c1OC(=O)c1ccccc1Br.